The summed E-state index contributed by atoms with van der Waals surface area (Å²) in [6, 6.07) is 7.97. The fourth-order valence-electron chi connectivity index (χ4n) is 3.25. The second kappa shape index (κ2) is 6.81. The third-order valence-corrected chi connectivity index (χ3v) is 5.51. The third kappa shape index (κ3) is 3.76. The molecule has 1 aliphatic carbocycles. The van der Waals surface area contributed by atoms with Crippen molar-refractivity contribution < 1.29 is 0 Å². The van der Waals surface area contributed by atoms with Crippen LogP contribution in [0, 0.1) is 13.8 Å². The fourth-order valence-corrected chi connectivity index (χ4v) is 4.46. The molecule has 0 aliphatic heterocycles. The molecule has 2 rings (SSSR count). The van der Waals surface area contributed by atoms with E-state index in [0.717, 1.165) is 5.25 Å². The van der Waals surface area contributed by atoms with Crippen LogP contribution < -0.4 is 5.32 Å². The molecule has 0 amide bonds. The molecule has 1 saturated carbocycles. The summed E-state index contributed by atoms with van der Waals surface area (Å²) in [5, 5.41) is 4.69. The van der Waals surface area contributed by atoms with E-state index in [0.29, 0.717) is 12.1 Å². The minimum atomic E-state index is 0.462. The van der Waals surface area contributed by atoms with Gasteiger partial charge in [-0.05, 0) is 50.5 Å². The first-order valence-corrected chi connectivity index (χ1v) is 8.61. The lowest BCUT2D eigenvalue weighted by Gasteiger charge is -2.26. The molecule has 1 aromatic carbocycles. The van der Waals surface area contributed by atoms with Crippen molar-refractivity contribution in [1.29, 1.82) is 0 Å². The van der Waals surface area contributed by atoms with Gasteiger partial charge in [-0.2, -0.15) is 11.8 Å². The molecule has 1 N–H and O–H groups in total. The summed E-state index contributed by atoms with van der Waals surface area (Å²) in [6.07, 6.45) is 4.11. The largest absolute Gasteiger partial charge is 0.306 e. The third-order valence-electron chi connectivity index (χ3n) is 4.19. The first-order chi connectivity index (χ1) is 9.11. The molecule has 1 nitrogen and oxygen atoms in total. The maximum absolute atomic E-state index is 3.87. The Balaban J connectivity index is 2.02. The number of hydrogen-bond acceptors (Lipinski definition) is 2. The Morgan fingerprint density at radius 1 is 1.32 bits per heavy atom. The highest BCUT2D eigenvalue weighted by molar-refractivity contribution is 7.99. The smallest absolute Gasteiger partial charge is 0.0297 e. The predicted octanol–water partition coefficient (Wildman–Crippen LogP) is 4.63. The van der Waals surface area contributed by atoms with Gasteiger partial charge in [0.15, 0.2) is 0 Å². The van der Waals surface area contributed by atoms with E-state index in [2.05, 4.69) is 63.0 Å². The molecule has 1 aliphatic rings. The maximum Gasteiger partial charge on any atom is 0.0297 e. The Morgan fingerprint density at radius 3 is 2.79 bits per heavy atom. The van der Waals surface area contributed by atoms with Crippen molar-refractivity contribution in [2.75, 3.05) is 5.75 Å². The quantitative estimate of drug-likeness (QED) is 0.842. The van der Waals surface area contributed by atoms with Crippen molar-refractivity contribution in [2.24, 2.45) is 0 Å². The van der Waals surface area contributed by atoms with E-state index in [-0.39, 0.29) is 0 Å². The molecule has 0 saturated heterocycles. The Labute approximate surface area is 122 Å². The Bertz CT molecular complexity index is 416. The maximum atomic E-state index is 3.87. The summed E-state index contributed by atoms with van der Waals surface area (Å²) in [4.78, 5) is 0. The molecule has 1 aromatic rings. The van der Waals surface area contributed by atoms with E-state index in [9.17, 15) is 0 Å². The Hall–Kier alpha value is -0.470. The molecular formula is C17H27NS. The number of hydrogen-bond donors (Lipinski definition) is 1. The minimum absolute atomic E-state index is 0.462. The van der Waals surface area contributed by atoms with Crippen molar-refractivity contribution in [2.45, 2.75) is 64.3 Å². The van der Waals surface area contributed by atoms with E-state index < -0.39 is 0 Å². The predicted molar refractivity (Wildman–Crippen MR) is 87.0 cm³/mol. The summed E-state index contributed by atoms with van der Waals surface area (Å²) in [6.45, 7) is 8.98. The first-order valence-electron chi connectivity index (χ1n) is 7.56. The molecular weight excluding hydrogens is 250 g/mol. The number of benzene rings is 1. The van der Waals surface area contributed by atoms with Crippen molar-refractivity contribution >= 4 is 11.8 Å². The average molecular weight is 277 g/mol. The summed E-state index contributed by atoms with van der Waals surface area (Å²) >= 11 is 2.13. The fraction of sp³-hybridized carbons (Fsp3) is 0.647. The van der Waals surface area contributed by atoms with Crippen LogP contribution in [0.1, 0.15) is 55.8 Å². The summed E-state index contributed by atoms with van der Waals surface area (Å²) < 4.78 is 0. The van der Waals surface area contributed by atoms with Crippen LogP contribution >= 0.6 is 11.8 Å². The minimum Gasteiger partial charge on any atom is -0.306 e. The van der Waals surface area contributed by atoms with Crippen LogP contribution in [0.4, 0.5) is 0 Å². The SMILES string of the molecule is CCSC1CCCC1NC(C)c1ccc(C)cc1C. The van der Waals surface area contributed by atoms with Crippen LogP contribution in [0.25, 0.3) is 0 Å². The van der Waals surface area contributed by atoms with Gasteiger partial charge < -0.3 is 5.32 Å². The summed E-state index contributed by atoms with van der Waals surface area (Å²) in [5.74, 6) is 1.24. The Morgan fingerprint density at radius 2 is 2.11 bits per heavy atom. The molecule has 19 heavy (non-hydrogen) atoms. The topological polar surface area (TPSA) is 12.0 Å². The lowest BCUT2D eigenvalue weighted by Crippen LogP contribution is -2.36. The number of rotatable bonds is 5. The van der Waals surface area contributed by atoms with Crippen LogP contribution in [-0.4, -0.2) is 17.0 Å². The number of nitrogens with one attached hydrogen (secondary N) is 1. The van der Waals surface area contributed by atoms with Gasteiger partial charge in [-0.1, -0.05) is 37.1 Å². The first kappa shape index (κ1) is 14.9. The van der Waals surface area contributed by atoms with E-state index >= 15 is 0 Å². The average Bonchev–Trinajstić information content (AvgIpc) is 2.77. The van der Waals surface area contributed by atoms with Gasteiger partial charge in [0.2, 0.25) is 0 Å². The van der Waals surface area contributed by atoms with Crippen LogP contribution in [0.2, 0.25) is 0 Å². The van der Waals surface area contributed by atoms with Crippen LogP contribution in [-0.2, 0) is 0 Å². The van der Waals surface area contributed by atoms with Gasteiger partial charge in [-0.15, -0.1) is 0 Å². The molecule has 3 unspecified atom stereocenters. The van der Waals surface area contributed by atoms with Crippen molar-refractivity contribution in [3.63, 3.8) is 0 Å². The number of thioether (sulfide) groups is 1. The van der Waals surface area contributed by atoms with Gasteiger partial charge in [0.05, 0.1) is 0 Å². The highest BCUT2D eigenvalue weighted by Crippen LogP contribution is 2.32. The molecule has 0 bridgehead atoms. The van der Waals surface area contributed by atoms with E-state index in [1.165, 1.54) is 41.7 Å². The van der Waals surface area contributed by atoms with Crippen molar-refractivity contribution in [3.8, 4) is 0 Å². The van der Waals surface area contributed by atoms with Gasteiger partial charge in [0.25, 0.3) is 0 Å². The van der Waals surface area contributed by atoms with Gasteiger partial charge in [-0.25, -0.2) is 0 Å². The summed E-state index contributed by atoms with van der Waals surface area (Å²) in [7, 11) is 0. The van der Waals surface area contributed by atoms with Gasteiger partial charge in [0, 0.05) is 17.3 Å². The van der Waals surface area contributed by atoms with E-state index in [4.69, 9.17) is 0 Å². The van der Waals surface area contributed by atoms with E-state index in [1.54, 1.807) is 0 Å². The molecule has 0 spiro atoms. The zero-order chi connectivity index (χ0) is 13.8. The molecule has 1 fully saturated rings. The van der Waals surface area contributed by atoms with Gasteiger partial charge in [0.1, 0.15) is 0 Å². The molecule has 0 heterocycles. The van der Waals surface area contributed by atoms with Gasteiger partial charge >= 0.3 is 0 Å². The monoisotopic (exact) mass is 277 g/mol. The van der Waals surface area contributed by atoms with E-state index in [1.807, 2.05) is 0 Å². The highest BCUT2D eigenvalue weighted by Gasteiger charge is 2.28. The second-order valence-electron chi connectivity index (χ2n) is 5.78. The highest BCUT2D eigenvalue weighted by atomic mass is 32.2. The Kier molecular flexibility index (Phi) is 5.35. The lowest BCUT2D eigenvalue weighted by atomic mass is 9.99. The molecule has 106 valence electrons. The standard InChI is InChI=1S/C17H27NS/c1-5-19-17-8-6-7-16(17)18-14(4)15-10-9-12(2)11-13(15)3/h9-11,14,16-18H,5-8H2,1-4H3. The zero-order valence-electron chi connectivity index (χ0n) is 12.7. The second-order valence-corrected chi connectivity index (χ2v) is 7.30. The van der Waals surface area contributed by atoms with Crippen LogP contribution in [0.3, 0.4) is 0 Å². The summed E-state index contributed by atoms with van der Waals surface area (Å²) in [5.41, 5.74) is 4.23. The molecule has 3 atom stereocenters. The molecule has 0 aromatic heterocycles. The van der Waals surface area contributed by atoms with Crippen LogP contribution in [0.15, 0.2) is 18.2 Å². The number of aryl methyl sites for hydroxylation is 2. The van der Waals surface area contributed by atoms with Crippen molar-refractivity contribution in [1.82, 2.24) is 5.32 Å². The van der Waals surface area contributed by atoms with Crippen molar-refractivity contribution in [3.05, 3.63) is 34.9 Å². The lowest BCUT2D eigenvalue weighted by molar-refractivity contribution is 0.466. The van der Waals surface area contributed by atoms with Crippen LogP contribution in [0.5, 0.6) is 0 Å². The zero-order valence-corrected chi connectivity index (χ0v) is 13.5. The molecule has 2 heteroatoms. The molecule has 0 radical (unpaired) electrons. The van der Waals surface area contributed by atoms with Gasteiger partial charge in [-0.3, -0.25) is 0 Å². The normalized spacial score (nSPS) is 24.6.